The van der Waals surface area contributed by atoms with E-state index in [-0.39, 0.29) is 5.54 Å². The summed E-state index contributed by atoms with van der Waals surface area (Å²) in [5, 5.41) is 7.84. The third kappa shape index (κ3) is 4.48. The molecule has 0 saturated heterocycles. The van der Waals surface area contributed by atoms with Gasteiger partial charge in [0, 0.05) is 30.9 Å². The Balaban J connectivity index is 2.41. The number of hydrogen-bond donors (Lipinski definition) is 1. The molecular formula is C13H26N4. The molecule has 1 atom stereocenters. The fraction of sp³-hybridized carbons (Fsp3) is 0.769. The van der Waals surface area contributed by atoms with Gasteiger partial charge in [-0.2, -0.15) is 5.10 Å². The second-order valence-corrected chi connectivity index (χ2v) is 5.91. The van der Waals surface area contributed by atoms with Gasteiger partial charge in [-0.1, -0.05) is 0 Å². The van der Waals surface area contributed by atoms with Crippen molar-refractivity contribution in [3.05, 3.63) is 18.0 Å². The van der Waals surface area contributed by atoms with Crippen molar-refractivity contribution in [3.8, 4) is 0 Å². The topological polar surface area (TPSA) is 33.1 Å². The molecule has 4 nitrogen and oxygen atoms in total. The van der Waals surface area contributed by atoms with Crippen LogP contribution in [0.4, 0.5) is 0 Å². The minimum atomic E-state index is 0.0647. The van der Waals surface area contributed by atoms with Crippen molar-refractivity contribution in [2.75, 3.05) is 20.6 Å². The first-order valence-corrected chi connectivity index (χ1v) is 6.22. The zero-order valence-corrected chi connectivity index (χ0v) is 12.0. The highest BCUT2D eigenvalue weighted by molar-refractivity contribution is 5.04. The maximum atomic E-state index is 4.39. The van der Waals surface area contributed by atoms with Crippen molar-refractivity contribution in [2.45, 2.75) is 45.8 Å². The molecule has 0 aliphatic heterocycles. The third-order valence-electron chi connectivity index (χ3n) is 2.97. The molecule has 0 spiro atoms. The lowest BCUT2D eigenvalue weighted by Gasteiger charge is -2.20. The Kier molecular flexibility index (Phi) is 4.71. The van der Waals surface area contributed by atoms with Gasteiger partial charge in [-0.25, -0.2) is 0 Å². The number of likely N-dealkylation sites (N-methyl/N-ethyl adjacent to an activating group) is 1. The van der Waals surface area contributed by atoms with Crippen molar-refractivity contribution in [1.82, 2.24) is 20.0 Å². The van der Waals surface area contributed by atoms with Crippen LogP contribution >= 0.6 is 0 Å². The maximum absolute atomic E-state index is 4.39. The van der Waals surface area contributed by atoms with Crippen LogP contribution in [0.5, 0.6) is 0 Å². The van der Waals surface area contributed by atoms with E-state index in [2.05, 4.69) is 63.3 Å². The molecule has 0 aliphatic rings. The molecule has 0 saturated carbocycles. The summed E-state index contributed by atoms with van der Waals surface area (Å²) >= 11 is 0. The highest BCUT2D eigenvalue weighted by atomic mass is 15.3. The molecule has 0 fully saturated rings. The van der Waals surface area contributed by atoms with E-state index in [1.54, 1.807) is 0 Å². The van der Waals surface area contributed by atoms with Crippen LogP contribution in [0.2, 0.25) is 0 Å². The van der Waals surface area contributed by atoms with Crippen LogP contribution in [0.15, 0.2) is 12.4 Å². The minimum Gasteiger partial charge on any atom is -0.311 e. The summed E-state index contributed by atoms with van der Waals surface area (Å²) in [6.07, 6.45) is 4.06. The van der Waals surface area contributed by atoms with Crippen LogP contribution in [-0.2, 0) is 12.1 Å². The summed E-state index contributed by atoms with van der Waals surface area (Å²) in [7, 11) is 4.20. The molecule has 1 aromatic heterocycles. The van der Waals surface area contributed by atoms with E-state index in [0.717, 1.165) is 13.1 Å². The first-order valence-electron chi connectivity index (χ1n) is 6.22. The average Bonchev–Trinajstić information content (AvgIpc) is 2.65. The zero-order chi connectivity index (χ0) is 13.1. The van der Waals surface area contributed by atoms with Gasteiger partial charge in [0.1, 0.15) is 0 Å². The lowest BCUT2D eigenvalue weighted by Crippen LogP contribution is -2.35. The standard InChI is InChI=1S/C13H26N4/c1-11(16(5)6)7-14-8-12-9-15-17(10-12)13(2,3)4/h9-11,14H,7-8H2,1-6H3. The Bertz CT molecular complexity index is 335. The van der Waals surface area contributed by atoms with Gasteiger partial charge in [0.2, 0.25) is 0 Å². The van der Waals surface area contributed by atoms with Gasteiger partial charge >= 0.3 is 0 Å². The molecule has 1 heterocycles. The van der Waals surface area contributed by atoms with Crippen LogP contribution < -0.4 is 5.32 Å². The first-order chi connectivity index (χ1) is 7.80. The Labute approximate surface area is 105 Å². The summed E-state index contributed by atoms with van der Waals surface area (Å²) in [5.41, 5.74) is 1.31. The van der Waals surface area contributed by atoms with Gasteiger partial charge in [-0.3, -0.25) is 4.68 Å². The second kappa shape index (κ2) is 5.65. The van der Waals surface area contributed by atoms with Gasteiger partial charge in [0.25, 0.3) is 0 Å². The zero-order valence-electron chi connectivity index (χ0n) is 12.0. The van der Waals surface area contributed by atoms with E-state index in [9.17, 15) is 0 Å². The average molecular weight is 238 g/mol. The first kappa shape index (κ1) is 14.2. The fourth-order valence-corrected chi connectivity index (χ4v) is 1.43. The number of hydrogen-bond acceptors (Lipinski definition) is 3. The molecule has 0 aromatic carbocycles. The van der Waals surface area contributed by atoms with Crippen LogP contribution in [-0.4, -0.2) is 41.4 Å². The lowest BCUT2D eigenvalue weighted by molar-refractivity contribution is 0.302. The SMILES string of the molecule is CC(CNCc1cnn(C(C)(C)C)c1)N(C)C. The minimum absolute atomic E-state index is 0.0647. The van der Waals surface area contributed by atoms with Gasteiger partial charge in [0.05, 0.1) is 11.7 Å². The largest absolute Gasteiger partial charge is 0.311 e. The smallest absolute Gasteiger partial charge is 0.0543 e. The maximum Gasteiger partial charge on any atom is 0.0543 e. The highest BCUT2D eigenvalue weighted by Gasteiger charge is 2.13. The van der Waals surface area contributed by atoms with E-state index < -0.39 is 0 Å². The van der Waals surface area contributed by atoms with Crippen LogP contribution in [0.25, 0.3) is 0 Å². The van der Waals surface area contributed by atoms with Gasteiger partial charge in [-0.05, 0) is 41.8 Å². The van der Waals surface area contributed by atoms with E-state index >= 15 is 0 Å². The molecule has 0 bridgehead atoms. The number of nitrogens with one attached hydrogen (secondary N) is 1. The number of aromatic nitrogens is 2. The molecule has 0 radical (unpaired) electrons. The van der Waals surface area contributed by atoms with Crippen LogP contribution in [0.3, 0.4) is 0 Å². The summed E-state index contributed by atoms with van der Waals surface area (Å²) in [5.74, 6) is 0. The fourth-order valence-electron chi connectivity index (χ4n) is 1.43. The molecule has 98 valence electrons. The predicted molar refractivity (Wildman–Crippen MR) is 72.1 cm³/mol. The van der Waals surface area contributed by atoms with Gasteiger partial charge in [0.15, 0.2) is 0 Å². The van der Waals surface area contributed by atoms with E-state index in [4.69, 9.17) is 0 Å². The van der Waals surface area contributed by atoms with Gasteiger partial charge in [-0.15, -0.1) is 0 Å². The van der Waals surface area contributed by atoms with Crippen molar-refractivity contribution in [3.63, 3.8) is 0 Å². The highest BCUT2D eigenvalue weighted by Crippen LogP contribution is 2.12. The van der Waals surface area contributed by atoms with E-state index in [1.807, 2.05) is 10.9 Å². The molecule has 0 aliphatic carbocycles. The van der Waals surface area contributed by atoms with E-state index in [0.29, 0.717) is 6.04 Å². The Morgan fingerprint density at radius 1 is 1.41 bits per heavy atom. The van der Waals surface area contributed by atoms with Gasteiger partial charge < -0.3 is 10.2 Å². The van der Waals surface area contributed by atoms with Crippen LogP contribution in [0, 0.1) is 0 Å². The Hall–Kier alpha value is -0.870. The number of nitrogens with zero attached hydrogens (tertiary/aromatic N) is 3. The quantitative estimate of drug-likeness (QED) is 0.847. The third-order valence-corrected chi connectivity index (χ3v) is 2.97. The lowest BCUT2D eigenvalue weighted by atomic mass is 10.1. The van der Waals surface area contributed by atoms with Crippen molar-refractivity contribution >= 4 is 0 Å². The summed E-state index contributed by atoms with van der Waals surface area (Å²) < 4.78 is 2.01. The predicted octanol–water partition coefficient (Wildman–Crippen LogP) is 1.68. The molecule has 1 N–H and O–H groups in total. The molecule has 0 amide bonds. The Morgan fingerprint density at radius 3 is 2.53 bits per heavy atom. The summed E-state index contributed by atoms with van der Waals surface area (Å²) in [4.78, 5) is 2.21. The van der Waals surface area contributed by atoms with Crippen molar-refractivity contribution in [2.24, 2.45) is 0 Å². The van der Waals surface area contributed by atoms with E-state index in [1.165, 1.54) is 5.56 Å². The number of rotatable bonds is 5. The molecule has 1 rings (SSSR count). The summed E-state index contributed by atoms with van der Waals surface area (Å²) in [6, 6.07) is 0.549. The van der Waals surface area contributed by atoms with Crippen LogP contribution in [0.1, 0.15) is 33.3 Å². The summed E-state index contributed by atoms with van der Waals surface area (Å²) in [6.45, 7) is 10.6. The molecule has 1 unspecified atom stereocenters. The molecule has 4 heteroatoms. The van der Waals surface area contributed by atoms with Crippen molar-refractivity contribution in [1.29, 1.82) is 0 Å². The monoisotopic (exact) mass is 238 g/mol. The molecular weight excluding hydrogens is 212 g/mol. The normalized spacial score (nSPS) is 14.3. The Morgan fingerprint density at radius 2 is 2.06 bits per heavy atom. The van der Waals surface area contributed by atoms with Crippen molar-refractivity contribution < 1.29 is 0 Å². The molecule has 17 heavy (non-hydrogen) atoms. The molecule has 1 aromatic rings. The second-order valence-electron chi connectivity index (χ2n) is 5.91.